The zero-order valence-electron chi connectivity index (χ0n) is 12.8. The van der Waals surface area contributed by atoms with E-state index in [0.717, 1.165) is 13.1 Å². The lowest BCUT2D eigenvalue weighted by Crippen LogP contribution is -2.48. The van der Waals surface area contributed by atoms with Gasteiger partial charge in [0.15, 0.2) is 0 Å². The quantitative estimate of drug-likeness (QED) is 0.821. The van der Waals surface area contributed by atoms with Crippen LogP contribution in [-0.2, 0) is 5.41 Å². The van der Waals surface area contributed by atoms with Crippen LogP contribution in [0.1, 0.15) is 33.3 Å². The van der Waals surface area contributed by atoms with Crippen molar-refractivity contribution in [3.63, 3.8) is 0 Å². The molecule has 0 spiro atoms. The molecule has 2 nitrogen and oxygen atoms in total. The molecule has 0 N–H and O–H groups in total. The van der Waals surface area contributed by atoms with E-state index in [4.69, 9.17) is 0 Å². The number of nitrogens with zero attached hydrogens (tertiary/aromatic N) is 2. The van der Waals surface area contributed by atoms with Crippen molar-refractivity contribution in [3.05, 3.63) is 36.8 Å². The molecule has 0 aromatic heterocycles. The van der Waals surface area contributed by atoms with Gasteiger partial charge < -0.3 is 4.90 Å². The van der Waals surface area contributed by atoms with Crippen molar-refractivity contribution < 1.29 is 0 Å². The molecule has 1 aromatic rings. The highest BCUT2D eigenvalue weighted by molar-refractivity contribution is 5.49. The Morgan fingerprint density at radius 1 is 1.00 bits per heavy atom. The van der Waals surface area contributed by atoms with Crippen molar-refractivity contribution in [3.8, 4) is 0 Å². The zero-order chi connectivity index (χ0) is 14.0. The summed E-state index contributed by atoms with van der Waals surface area (Å²) in [6.45, 7) is 17.7. The molecule has 2 rings (SSSR count). The predicted molar refractivity (Wildman–Crippen MR) is 83.7 cm³/mol. The summed E-state index contributed by atoms with van der Waals surface area (Å²) in [7, 11) is 0. The molecule has 1 aliphatic rings. The first-order valence-electron chi connectivity index (χ1n) is 7.33. The van der Waals surface area contributed by atoms with Gasteiger partial charge in [-0.3, -0.25) is 4.90 Å². The van der Waals surface area contributed by atoms with Crippen LogP contribution in [0.15, 0.2) is 24.3 Å². The predicted octanol–water partition coefficient (Wildman–Crippen LogP) is 3.33. The second kappa shape index (κ2) is 5.54. The highest BCUT2D eigenvalue weighted by Gasteiger charge is 2.19. The van der Waals surface area contributed by atoms with Gasteiger partial charge in [-0.05, 0) is 43.9 Å². The van der Waals surface area contributed by atoms with Gasteiger partial charge in [0.1, 0.15) is 0 Å². The van der Waals surface area contributed by atoms with Crippen LogP contribution < -0.4 is 4.90 Å². The maximum absolute atomic E-state index is 4.19. The molecule has 1 fully saturated rings. The van der Waals surface area contributed by atoms with Crippen LogP contribution in [0.5, 0.6) is 0 Å². The molecular weight excluding hydrogens is 232 g/mol. The zero-order valence-corrected chi connectivity index (χ0v) is 12.8. The maximum atomic E-state index is 4.19. The van der Waals surface area contributed by atoms with E-state index in [1.165, 1.54) is 24.3 Å². The van der Waals surface area contributed by atoms with Crippen LogP contribution in [0, 0.1) is 6.92 Å². The van der Waals surface area contributed by atoms with Crippen LogP contribution in [0.25, 0.3) is 0 Å². The van der Waals surface area contributed by atoms with Gasteiger partial charge in [0, 0.05) is 37.9 Å². The summed E-state index contributed by atoms with van der Waals surface area (Å²) in [5.41, 5.74) is 2.64. The molecule has 1 aromatic carbocycles. The van der Waals surface area contributed by atoms with Gasteiger partial charge in [-0.15, -0.1) is 0 Å². The third kappa shape index (κ3) is 3.50. The molecule has 0 unspecified atom stereocenters. The molecular formula is C17H27N2. The fraction of sp³-hybridized carbons (Fsp3) is 0.588. The molecule has 1 radical (unpaired) electrons. The van der Waals surface area contributed by atoms with Gasteiger partial charge in [-0.1, -0.05) is 26.0 Å². The first-order chi connectivity index (χ1) is 8.88. The van der Waals surface area contributed by atoms with Gasteiger partial charge in [0.2, 0.25) is 0 Å². The third-order valence-corrected chi connectivity index (χ3v) is 4.06. The third-order valence-electron chi connectivity index (χ3n) is 4.06. The number of piperazine rings is 1. The normalized spacial score (nSPS) is 18.1. The Morgan fingerprint density at radius 2 is 1.53 bits per heavy atom. The Morgan fingerprint density at radius 3 is 1.95 bits per heavy atom. The Hall–Kier alpha value is -1.02. The Kier molecular flexibility index (Phi) is 4.19. The van der Waals surface area contributed by atoms with E-state index in [2.05, 4.69) is 68.7 Å². The summed E-state index contributed by atoms with van der Waals surface area (Å²) in [5.74, 6) is 0. The van der Waals surface area contributed by atoms with E-state index >= 15 is 0 Å². The number of benzene rings is 1. The van der Waals surface area contributed by atoms with E-state index in [1.54, 1.807) is 0 Å². The maximum Gasteiger partial charge on any atom is 0.0367 e. The lowest BCUT2D eigenvalue weighted by Gasteiger charge is -2.38. The van der Waals surface area contributed by atoms with Crippen LogP contribution in [-0.4, -0.2) is 37.1 Å². The number of rotatable bonds is 3. The van der Waals surface area contributed by atoms with Crippen molar-refractivity contribution in [2.45, 2.75) is 39.2 Å². The number of hydrogen-bond donors (Lipinski definition) is 0. The molecule has 19 heavy (non-hydrogen) atoms. The Balaban J connectivity index is 2.00. The number of hydrogen-bond acceptors (Lipinski definition) is 2. The molecule has 0 atom stereocenters. The molecule has 0 aliphatic carbocycles. The van der Waals surface area contributed by atoms with Gasteiger partial charge in [-0.25, -0.2) is 0 Å². The Bertz CT molecular complexity index is 392. The van der Waals surface area contributed by atoms with Gasteiger partial charge in [0.25, 0.3) is 0 Å². The lowest BCUT2D eigenvalue weighted by atomic mass is 9.87. The molecule has 0 bridgehead atoms. The SMILES string of the molecule is [CH2]C(C)(C)c1ccc(N2CCN(C(C)C)CC2)cc1. The molecule has 105 valence electrons. The Labute approximate surface area is 118 Å². The summed E-state index contributed by atoms with van der Waals surface area (Å²) < 4.78 is 0. The summed E-state index contributed by atoms with van der Waals surface area (Å²) >= 11 is 0. The summed E-state index contributed by atoms with van der Waals surface area (Å²) in [5, 5.41) is 0. The summed E-state index contributed by atoms with van der Waals surface area (Å²) in [6, 6.07) is 9.59. The van der Waals surface area contributed by atoms with Crippen LogP contribution >= 0.6 is 0 Å². The largest absolute Gasteiger partial charge is 0.369 e. The number of anilines is 1. The average molecular weight is 259 g/mol. The van der Waals surface area contributed by atoms with E-state index in [1.807, 2.05) is 0 Å². The standard InChI is InChI=1S/C17H27N2/c1-14(2)18-10-12-19(13-11-18)16-8-6-15(7-9-16)17(3,4)5/h6-9,14H,3,10-13H2,1-2,4-5H3. The van der Waals surface area contributed by atoms with Gasteiger partial charge >= 0.3 is 0 Å². The molecule has 0 amide bonds. The fourth-order valence-electron chi connectivity index (χ4n) is 2.62. The van der Waals surface area contributed by atoms with Crippen LogP contribution in [0.4, 0.5) is 5.69 Å². The van der Waals surface area contributed by atoms with Crippen LogP contribution in [0.3, 0.4) is 0 Å². The lowest BCUT2D eigenvalue weighted by molar-refractivity contribution is 0.209. The second-order valence-electron chi connectivity index (χ2n) is 6.55. The average Bonchev–Trinajstić information content (AvgIpc) is 2.38. The van der Waals surface area contributed by atoms with E-state index < -0.39 is 0 Å². The minimum atomic E-state index is -0.00509. The first kappa shape index (κ1) is 14.4. The molecule has 1 heterocycles. The smallest absolute Gasteiger partial charge is 0.0367 e. The molecule has 2 heteroatoms. The summed E-state index contributed by atoms with van der Waals surface area (Å²) in [6.07, 6.45) is 0. The van der Waals surface area contributed by atoms with Crippen molar-refractivity contribution >= 4 is 5.69 Å². The van der Waals surface area contributed by atoms with E-state index in [-0.39, 0.29) is 5.41 Å². The minimum absolute atomic E-state index is 0.00509. The van der Waals surface area contributed by atoms with Crippen LogP contribution in [0.2, 0.25) is 0 Å². The van der Waals surface area contributed by atoms with Crippen molar-refractivity contribution in [2.75, 3.05) is 31.1 Å². The van der Waals surface area contributed by atoms with E-state index in [9.17, 15) is 0 Å². The van der Waals surface area contributed by atoms with Gasteiger partial charge in [-0.2, -0.15) is 0 Å². The topological polar surface area (TPSA) is 6.48 Å². The molecule has 0 saturated carbocycles. The second-order valence-corrected chi connectivity index (χ2v) is 6.55. The summed E-state index contributed by atoms with van der Waals surface area (Å²) in [4.78, 5) is 5.03. The molecule has 1 aliphatic heterocycles. The first-order valence-corrected chi connectivity index (χ1v) is 7.33. The highest BCUT2D eigenvalue weighted by Crippen LogP contribution is 2.25. The monoisotopic (exact) mass is 259 g/mol. The van der Waals surface area contributed by atoms with E-state index in [0.29, 0.717) is 6.04 Å². The minimum Gasteiger partial charge on any atom is -0.369 e. The van der Waals surface area contributed by atoms with Gasteiger partial charge in [0.05, 0.1) is 0 Å². The fourth-order valence-corrected chi connectivity index (χ4v) is 2.62. The molecule has 1 saturated heterocycles. The van der Waals surface area contributed by atoms with Crippen molar-refractivity contribution in [1.29, 1.82) is 0 Å². The highest BCUT2D eigenvalue weighted by atomic mass is 15.3. The van der Waals surface area contributed by atoms with Crippen molar-refractivity contribution in [1.82, 2.24) is 4.90 Å². The van der Waals surface area contributed by atoms with Crippen molar-refractivity contribution in [2.24, 2.45) is 0 Å².